The maximum atomic E-state index is 12.1. The van der Waals surface area contributed by atoms with E-state index in [2.05, 4.69) is 5.32 Å². The Morgan fingerprint density at radius 2 is 2.22 bits per heavy atom. The predicted octanol–water partition coefficient (Wildman–Crippen LogP) is 1.40. The normalized spacial score (nSPS) is 27.1. The van der Waals surface area contributed by atoms with Crippen LogP contribution in [0.3, 0.4) is 0 Å². The minimum atomic E-state index is -0.449. The summed E-state index contributed by atoms with van der Waals surface area (Å²) >= 11 is 0. The van der Waals surface area contributed by atoms with Crippen molar-refractivity contribution in [1.82, 2.24) is 5.32 Å². The zero-order valence-corrected chi connectivity index (χ0v) is 10.4. The maximum absolute atomic E-state index is 12.1. The number of para-hydroxylation sites is 1. The molecule has 0 bridgehead atoms. The Labute approximate surface area is 105 Å². The van der Waals surface area contributed by atoms with Gasteiger partial charge in [0.25, 0.3) is 5.91 Å². The lowest BCUT2D eigenvalue weighted by molar-refractivity contribution is 0.0725. The van der Waals surface area contributed by atoms with Gasteiger partial charge in [-0.15, -0.1) is 0 Å². The molecule has 2 atom stereocenters. The molecule has 1 fully saturated rings. The number of phenols is 2. The highest BCUT2D eigenvalue weighted by Crippen LogP contribution is 2.30. The van der Waals surface area contributed by atoms with E-state index in [1.807, 2.05) is 13.8 Å². The number of rotatable bonds is 2. The first-order chi connectivity index (χ1) is 8.44. The van der Waals surface area contributed by atoms with Crippen molar-refractivity contribution in [3.8, 4) is 11.5 Å². The molecule has 1 amide bonds. The van der Waals surface area contributed by atoms with E-state index in [0.717, 1.165) is 6.42 Å². The molecule has 0 aliphatic carbocycles. The second kappa shape index (κ2) is 4.49. The summed E-state index contributed by atoms with van der Waals surface area (Å²) in [7, 11) is 0. The number of nitrogens with one attached hydrogen (secondary N) is 1. The first kappa shape index (κ1) is 12.7. The second-order valence-corrected chi connectivity index (χ2v) is 4.81. The van der Waals surface area contributed by atoms with Gasteiger partial charge in [-0.1, -0.05) is 6.07 Å². The number of amides is 1. The molecule has 98 valence electrons. The lowest BCUT2D eigenvalue weighted by Gasteiger charge is -2.29. The Bertz CT molecular complexity index is 474. The van der Waals surface area contributed by atoms with Gasteiger partial charge in [0.15, 0.2) is 11.5 Å². The van der Waals surface area contributed by atoms with Crippen molar-refractivity contribution in [2.24, 2.45) is 0 Å². The molecular formula is C13H17NO4. The van der Waals surface area contributed by atoms with Crippen molar-refractivity contribution in [3.63, 3.8) is 0 Å². The third-order valence-corrected chi connectivity index (χ3v) is 3.54. The van der Waals surface area contributed by atoms with Crippen LogP contribution < -0.4 is 5.32 Å². The van der Waals surface area contributed by atoms with E-state index in [0.29, 0.717) is 6.61 Å². The molecule has 1 aliphatic heterocycles. The van der Waals surface area contributed by atoms with Crippen LogP contribution in [0.1, 0.15) is 30.6 Å². The molecule has 0 spiro atoms. The molecule has 0 saturated carbocycles. The Morgan fingerprint density at radius 1 is 1.50 bits per heavy atom. The largest absolute Gasteiger partial charge is 0.504 e. The quantitative estimate of drug-likeness (QED) is 0.694. The third-order valence-electron chi connectivity index (χ3n) is 3.54. The number of benzene rings is 1. The van der Waals surface area contributed by atoms with Crippen molar-refractivity contribution < 1.29 is 19.7 Å². The van der Waals surface area contributed by atoms with Gasteiger partial charge in [-0.05, 0) is 32.4 Å². The van der Waals surface area contributed by atoms with Gasteiger partial charge in [0.05, 0.1) is 17.2 Å². The smallest absolute Gasteiger partial charge is 0.255 e. The molecular weight excluding hydrogens is 234 g/mol. The van der Waals surface area contributed by atoms with Gasteiger partial charge in [-0.3, -0.25) is 4.79 Å². The van der Waals surface area contributed by atoms with Crippen LogP contribution in [0.4, 0.5) is 0 Å². The highest BCUT2D eigenvalue weighted by Gasteiger charge is 2.38. The first-order valence-electron chi connectivity index (χ1n) is 5.89. The monoisotopic (exact) mass is 251 g/mol. The van der Waals surface area contributed by atoms with Crippen LogP contribution in [0.2, 0.25) is 0 Å². The number of hydrogen-bond donors (Lipinski definition) is 3. The van der Waals surface area contributed by atoms with Crippen molar-refractivity contribution in [2.75, 3.05) is 6.61 Å². The van der Waals surface area contributed by atoms with Crippen molar-refractivity contribution in [2.45, 2.75) is 31.9 Å². The summed E-state index contributed by atoms with van der Waals surface area (Å²) < 4.78 is 5.43. The molecule has 1 saturated heterocycles. The average molecular weight is 251 g/mol. The molecule has 2 rings (SSSR count). The molecule has 1 aromatic rings. The van der Waals surface area contributed by atoms with E-state index >= 15 is 0 Å². The molecule has 0 aromatic heterocycles. The fourth-order valence-corrected chi connectivity index (χ4v) is 2.04. The number of hydrogen-bond acceptors (Lipinski definition) is 4. The molecule has 3 N–H and O–H groups in total. The Kier molecular flexibility index (Phi) is 3.17. The van der Waals surface area contributed by atoms with Crippen LogP contribution in [-0.2, 0) is 4.74 Å². The molecule has 1 heterocycles. The molecule has 18 heavy (non-hydrogen) atoms. The molecule has 1 aromatic carbocycles. The van der Waals surface area contributed by atoms with E-state index in [-0.39, 0.29) is 17.4 Å². The second-order valence-electron chi connectivity index (χ2n) is 4.81. The zero-order valence-electron chi connectivity index (χ0n) is 10.4. The fourth-order valence-electron chi connectivity index (χ4n) is 2.04. The Morgan fingerprint density at radius 3 is 2.83 bits per heavy atom. The average Bonchev–Trinajstić information content (AvgIpc) is 2.62. The topological polar surface area (TPSA) is 78.8 Å². The summed E-state index contributed by atoms with van der Waals surface area (Å²) in [4.78, 5) is 12.1. The van der Waals surface area contributed by atoms with Gasteiger partial charge in [-0.25, -0.2) is 0 Å². The van der Waals surface area contributed by atoms with Gasteiger partial charge >= 0.3 is 0 Å². The number of phenolic OH excluding ortho intramolecular Hbond substituents is 2. The van der Waals surface area contributed by atoms with E-state index in [4.69, 9.17) is 4.74 Å². The lowest BCUT2D eigenvalue weighted by atomic mass is 9.94. The summed E-state index contributed by atoms with van der Waals surface area (Å²) in [5.41, 5.74) is -0.384. The maximum Gasteiger partial charge on any atom is 0.255 e. The number of ether oxygens (including phenoxy) is 1. The van der Waals surface area contributed by atoms with Crippen molar-refractivity contribution >= 4 is 5.91 Å². The molecule has 0 radical (unpaired) electrons. The lowest BCUT2D eigenvalue weighted by Crippen LogP contribution is -2.50. The SMILES string of the molecule is CC1OCCC1(C)NC(=O)c1cccc(O)c1O. The standard InChI is InChI=1S/C13H17NO4/c1-8-13(2,6-7-18-8)14-12(17)9-4-3-5-10(15)11(9)16/h3-5,8,15-16H,6-7H2,1-2H3,(H,14,17). The molecule has 5 heteroatoms. The van der Waals surface area contributed by atoms with Crippen LogP contribution in [0.25, 0.3) is 0 Å². The third kappa shape index (κ3) is 2.13. The van der Waals surface area contributed by atoms with Crippen LogP contribution in [0, 0.1) is 0 Å². The highest BCUT2D eigenvalue weighted by molar-refractivity contribution is 5.98. The summed E-state index contributed by atoms with van der Waals surface area (Å²) in [6.45, 7) is 4.40. The number of aromatic hydroxyl groups is 2. The number of carbonyl (C=O) groups excluding carboxylic acids is 1. The van der Waals surface area contributed by atoms with Crippen molar-refractivity contribution in [3.05, 3.63) is 23.8 Å². The fraction of sp³-hybridized carbons (Fsp3) is 0.462. The summed E-state index contributed by atoms with van der Waals surface area (Å²) in [5, 5.41) is 21.9. The summed E-state index contributed by atoms with van der Waals surface area (Å²) in [6.07, 6.45) is 0.639. The van der Waals surface area contributed by atoms with E-state index in [1.165, 1.54) is 18.2 Å². The van der Waals surface area contributed by atoms with Gasteiger partial charge in [0, 0.05) is 6.61 Å². The van der Waals surface area contributed by atoms with Gasteiger partial charge in [0.1, 0.15) is 0 Å². The van der Waals surface area contributed by atoms with E-state index < -0.39 is 17.2 Å². The summed E-state index contributed by atoms with van der Waals surface area (Å²) in [6, 6.07) is 4.31. The van der Waals surface area contributed by atoms with Crippen LogP contribution in [0.15, 0.2) is 18.2 Å². The zero-order chi connectivity index (χ0) is 13.3. The predicted molar refractivity (Wildman–Crippen MR) is 65.7 cm³/mol. The molecule has 1 aliphatic rings. The minimum absolute atomic E-state index is 0.0651. The van der Waals surface area contributed by atoms with Gasteiger partial charge in [0.2, 0.25) is 0 Å². The first-order valence-corrected chi connectivity index (χ1v) is 5.89. The van der Waals surface area contributed by atoms with E-state index in [9.17, 15) is 15.0 Å². The Hall–Kier alpha value is -1.75. The van der Waals surface area contributed by atoms with Crippen LogP contribution in [0.5, 0.6) is 11.5 Å². The minimum Gasteiger partial charge on any atom is -0.504 e. The van der Waals surface area contributed by atoms with Crippen molar-refractivity contribution in [1.29, 1.82) is 0 Å². The van der Waals surface area contributed by atoms with Crippen LogP contribution in [-0.4, -0.2) is 34.4 Å². The number of carbonyl (C=O) groups is 1. The highest BCUT2D eigenvalue weighted by atomic mass is 16.5. The van der Waals surface area contributed by atoms with Crippen LogP contribution >= 0.6 is 0 Å². The van der Waals surface area contributed by atoms with Gasteiger partial charge in [-0.2, -0.15) is 0 Å². The summed E-state index contributed by atoms with van der Waals surface area (Å²) in [5.74, 6) is -1.11. The molecule has 2 unspecified atom stereocenters. The Balaban J connectivity index is 2.20. The van der Waals surface area contributed by atoms with E-state index in [1.54, 1.807) is 0 Å². The van der Waals surface area contributed by atoms with Gasteiger partial charge < -0.3 is 20.3 Å². The molecule has 5 nitrogen and oxygen atoms in total.